The van der Waals surface area contributed by atoms with E-state index in [0.29, 0.717) is 0 Å². The molecule has 0 aliphatic heterocycles. The molecular weight excluding hydrogens is 126 g/mol. The molecule has 0 bridgehead atoms. The van der Waals surface area contributed by atoms with Crippen LogP contribution in [0.3, 0.4) is 0 Å². The largest absolute Gasteiger partial charge is 0.370 e. The first-order chi connectivity index (χ1) is 3.27. The highest BCUT2D eigenvalue weighted by Gasteiger charge is 1.79. The lowest BCUT2D eigenvalue weighted by Crippen LogP contribution is -2.30. The van der Waals surface area contributed by atoms with Crippen molar-refractivity contribution in [3.8, 4) is 0 Å². The summed E-state index contributed by atoms with van der Waals surface area (Å²) in [7, 11) is 0. The van der Waals surface area contributed by atoms with Gasteiger partial charge in [-0.3, -0.25) is 5.41 Å². The minimum Gasteiger partial charge on any atom is -0.370 e. The molecule has 0 aliphatic rings. The van der Waals surface area contributed by atoms with Gasteiger partial charge in [-0.2, -0.15) is 0 Å². The molecule has 8 heavy (non-hydrogen) atoms. The van der Waals surface area contributed by atoms with E-state index in [4.69, 9.17) is 11.1 Å². The molecule has 0 fully saturated rings. The van der Waals surface area contributed by atoms with Crippen LogP contribution in [0.4, 0.5) is 0 Å². The molecule has 0 aromatic rings. The highest BCUT2D eigenvalue weighted by atomic mass is 35.5. The van der Waals surface area contributed by atoms with E-state index in [1.54, 1.807) is 0 Å². The van der Waals surface area contributed by atoms with Crippen molar-refractivity contribution in [2.45, 2.75) is 13.3 Å². The van der Waals surface area contributed by atoms with Gasteiger partial charge in [-0.1, -0.05) is 6.92 Å². The number of guanidine groups is 1. The average Bonchev–Trinajstić information content (AvgIpc) is 1.61. The smallest absolute Gasteiger partial charge is 0.185 e. The Balaban J connectivity index is 0. The number of rotatable bonds is 2. The number of nitrogens with one attached hydrogen (secondary N) is 2. The molecule has 50 valence electrons. The van der Waals surface area contributed by atoms with E-state index in [1.807, 2.05) is 6.92 Å². The van der Waals surface area contributed by atoms with Crippen molar-refractivity contribution >= 4 is 18.4 Å². The fraction of sp³-hybridized carbons (Fsp3) is 0.750. The van der Waals surface area contributed by atoms with Gasteiger partial charge in [-0.25, -0.2) is 0 Å². The topological polar surface area (TPSA) is 61.9 Å². The molecule has 0 spiro atoms. The maximum Gasteiger partial charge on any atom is 0.185 e. The molecule has 0 aromatic carbocycles. The summed E-state index contributed by atoms with van der Waals surface area (Å²) < 4.78 is 0. The Morgan fingerprint density at radius 1 is 1.75 bits per heavy atom. The maximum atomic E-state index is 6.66. The monoisotopic (exact) mass is 137 g/mol. The minimum atomic E-state index is 0. The van der Waals surface area contributed by atoms with Crippen molar-refractivity contribution in [3.63, 3.8) is 0 Å². The normalized spacial score (nSPS) is 7.12. The molecule has 4 N–H and O–H groups in total. The first-order valence-electron chi connectivity index (χ1n) is 2.35. The summed E-state index contributed by atoms with van der Waals surface area (Å²) in [5.41, 5.74) is 4.95. The van der Waals surface area contributed by atoms with E-state index >= 15 is 0 Å². The van der Waals surface area contributed by atoms with Crippen LogP contribution in [0.5, 0.6) is 0 Å². The SMILES string of the molecule is CCCNC(=N)N.Cl. The number of nitrogens with two attached hydrogens (primary N) is 1. The van der Waals surface area contributed by atoms with Crippen LogP contribution in [0.1, 0.15) is 13.3 Å². The summed E-state index contributed by atoms with van der Waals surface area (Å²) in [6.07, 6.45) is 1.01. The molecule has 4 heteroatoms. The van der Waals surface area contributed by atoms with Crippen LogP contribution in [0.25, 0.3) is 0 Å². The van der Waals surface area contributed by atoms with Gasteiger partial charge in [-0.05, 0) is 6.42 Å². The average molecular weight is 138 g/mol. The van der Waals surface area contributed by atoms with E-state index in [1.165, 1.54) is 0 Å². The Morgan fingerprint density at radius 2 is 2.25 bits per heavy atom. The van der Waals surface area contributed by atoms with Crippen LogP contribution in [-0.4, -0.2) is 12.5 Å². The van der Waals surface area contributed by atoms with Gasteiger partial charge in [-0.15, -0.1) is 12.4 Å². The highest BCUT2D eigenvalue weighted by molar-refractivity contribution is 5.85. The zero-order valence-electron chi connectivity index (χ0n) is 4.90. The zero-order chi connectivity index (χ0) is 5.70. The predicted molar refractivity (Wildman–Crippen MR) is 37.5 cm³/mol. The van der Waals surface area contributed by atoms with Crippen molar-refractivity contribution in [2.75, 3.05) is 6.54 Å². The first-order valence-corrected chi connectivity index (χ1v) is 2.35. The second-order valence-electron chi connectivity index (χ2n) is 1.34. The number of hydrogen-bond acceptors (Lipinski definition) is 1. The molecule has 0 unspecified atom stereocenters. The van der Waals surface area contributed by atoms with Gasteiger partial charge in [0.1, 0.15) is 0 Å². The van der Waals surface area contributed by atoms with Crippen molar-refractivity contribution in [1.29, 1.82) is 5.41 Å². The first kappa shape index (κ1) is 10.5. The Hall–Kier alpha value is -0.440. The van der Waals surface area contributed by atoms with Crippen LogP contribution in [0, 0.1) is 5.41 Å². The van der Waals surface area contributed by atoms with E-state index in [2.05, 4.69) is 5.32 Å². The zero-order valence-corrected chi connectivity index (χ0v) is 5.72. The van der Waals surface area contributed by atoms with Gasteiger partial charge in [0.05, 0.1) is 0 Å². The molecule has 0 heterocycles. The van der Waals surface area contributed by atoms with Crippen LogP contribution in [-0.2, 0) is 0 Å². The summed E-state index contributed by atoms with van der Waals surface area (Å²) in [6, 6.07) is 0. The van der Waals surface area contributed by atoms with Crippen molar-refractivity contribution in [3.05, 3.63) is 0 Å². The van der Waals surface area contributed by atoms with Crippen molar-refractivity contribution in [2.24, 2.45) is 5.73 Å². The number of halogens is 1. The molecule has 0 rings (SSSR count). The lowest BCUT2D eigenvalue weighted by Gasteiger charge is -1.96. The van der Waals surface area contributed by atoms with Crippen LogP contribution in [0.2, 0.25) is 0 Å². The summed E-state index contributed by atoms with van der Waals surface area (Å²) in [4.78, 5) is 0. The maximum absolute atomic E-state index is 6.66. The third kappa shape index (κ3) is 9.12. The molecule has 0 radical (unpaired) electrons. The van der Waals surface area contributed by atoms with E-state index < -0.39 is 0 Å². The lowest BCUT2D eigenvalue weighted by molar-refractivity contribution is 0.830. The fourth-order valence-electron chi connectivity index (χ4n) is 0.260. The van der Waals surface area contributed by atoms with Crippen molar-refractivity contribution in [1.82, 2.24) is 5.32 Å². The summed E-state index contributed by atoms with van der Waals surface area (Å²) >= 11 is 0. The summed E-state index contributed by atoms with van der Waals surface area (Å²) in [5.74, 6) is 0.0573. The summed E-state index contributed by atoms with van der Waals surface area (Å²) in [6.45, 7) is 2.82. The third-order valence-electron chi connectivity index (χ3n) is 0.565. The molecule has 0 saturated carbocycles. The molecule has 0 atom stereocenters. The van der Waals surface area contributed by atoms with Crippen LogP contribution >= 0.6 is 12.4 Å². The molecule has 0 amide bonds. The second-order valence-corrected chi connectivity index (χ2v) is 1.34. The lowest BCUT2D eigenvalue weighted by atomic mass is 10.5. The third-order valence-corrected chi connectivity index (χ3v) is 0.565. The summed E-state index contributed by atoms with van der Waals surface area (Å²) in [5, 5.41) is 9.32. The second kappa shape index (κ2) is 6.56. The fourth-order valence-corrected chi connectivity index (χ4v) is 0.260. The van der Waals surface area contributed by atoms with Gasteiger partial charge in [0.2, 0.25) is 0 Å². The Bertz CT molecular complexity index is 64.3. The van der Waals surface area contributed by atoms with Gasteiger partial charge in [0, 0.05) is 6.54 Å². The van der Waals surface area contributed by atoms with Crippen LogP contribution in [0.15, 0.2) is 0 Å². The minimum absolute atomic E-state index is 0. The Labute approximate surface area is 55.6 Å². The van der Waals surface area contributed by atoms with Crippen LogP contribution < -0.4 is 11.1 Å². The quantitative estimate of drug-likeness (QED) is 0.379. The number of hydrogen-bond donors (Lipinski definition) is 3. The highest BCUT2D eigenvalue weighted by Crippen LogP contribution is 1.65. The molecule has 3 nitrogen and oxygen atoms in total. The Morgan fingerprint density at radius 3 is 2.38 bits per heavy atom. The van der Waals surface area contributed by atoms with Gasteiger partial charge < -0.3 is 11.1 Å². The van der Waals surface area contributed by atoms with E-state index in [9.17, 15) is 0 Å². The van der Waals surface area contributed by atoms with Gasteiger partial charge in [0.15, 0.2) is 5.96 Å². The van der Waals surface area contributed by atoms with Crippen molar-refractivity contribution < 1.29 is 0 Å². The Kier molecular flexibility index (Phi) is 8.63. The van der Waals surface area contributed by atoms with E-state index in [-0.39, 0.29) is 18.4 Å². The molecule has 0 saturated heterocycles. The van der Waals surface area contributed by atoms with E-state index in [0.717, 1.165) is 13.0 Å². The molecule has 0 aliphatic carbocycles. The van der Waals surface area contributed by atoms with Gasteiger partial charge in [0.25, 0.3) is 0 Å². The molecular formula is C4H12ClN3. The predicted octanol–water partition coefficient (Wildman–Crippen LogP) is 0.301. The van der Waals surface area contributed by atoms with Gasteiger partial charge >= 0.3 is 0 Å². The standard InChI is InChI=1S/C4H11N3.ClH/c1-2-3-7-4(5)6;/h2-3H2,1H3,(H4,5,6,7);1H. The molecule has 0 aromatic heterocycles.